The van der Waals surface area contributed by atoms with Crippen molar-refractivity contribution in [2.75, 3.05) is 26.7 Å². The molecule has 0 unspecified atom stereocenters. The van der Waals surface area contributed by atoms with Crippen molar-refractivity contribution in [3.63, 3.8) is 0 Å². The van der Waals surface area contributed by atoms with Crippen molar-refractivity contribution in [1.82, 2.24) is 10.6 Å². The van der Waals surface area contributed by atoms with Crippen LogP contribution in [-0.2, 0) is 6.54 Å². The van der Waals surface area contributed by atoms with E-state index in [0.717, 1.165) is 24.8 Å². The number of aryl methyl sites for hydroxylation is 2. The lowest BCUT2D eigenvalue weighted by atomic mass is 9.98. The standard InChI is InChI=1S/C16H26N2O/c1-12-8-15(16(19-3)9-13(12)2)11-18-10-14-4-6-17-7-5-14/h8-9,14,17-18H,4-7,10-11H2,1-3H3. The third-order valence-electron chi connectivity index (χ3n) is 4.10. The zero-order valence-electron chi connectivity index (χ0n) is 12.4. The molecule has 1 saturated heterocycles. The average molecular weight is 262 g/mol. The van der Waals surface area contributed by atoms with E-state index in [0.29, 0.717) is 0 Å². The van der Waals surface area contributed by atoms with E-state index in [1.807, 2.05) is 0 Å². The highest BCUT2D eigenvalue weighted by molar-refractivity contribution is 5.41. The summed E-state index contributed by atoms with van der Waals surface area (Å²) in [5.74, 6) is 1.82. The molecule has 0 spiro atoms. The number of piperidine rings is 1. The molecular weight excluding hydrogens is 236 g/mol. The van der Waals surface area contributed by atoms with E-state index in [-0.39, 0.29) is 0 Å². The minimum atomic E-state index is 0.818. The molecule has 2 N–H and O–H groups in total. The molecule has 1 fully saturated rings. The molecule has 3 nitrogen and oxygen atoms in total. The first-order chi connectivity index (χ1) is 9.20. The highest BCUT2D eigenvalue weighted by Crippen LogP contribution is 2.23. The Morgan fingerprint density at radius 3 is 2.58 bits per heavy atom. The molecule has 1 aromatic carbocycles. The maximum atomic E-state index is 5.47. The van der Waals surface area contributed by atoms with Crippen LogP contribution in [0.4, 0.5) is 0 Å². The van der Waals surface area contributed by atoms with Gasteiger partial charge in [-0.1, -0.05) is 6.07 Å². The van der Waals surface area contributed by atoms with Crippen LogP contribution in [0.1, 0.15) is 29.5 Å². The summed E-state index contributed by atoms with van der Waals surface area (Å²) in [6.45, 7) is 8.62. The van der Waals surface area contributed by atoms with E-state index in [2.05, 4.69) is 36.6 Å². The number of hydrogen-bond acceptors (Lipinski definition) is 3. The maximum Gasteiger partial charge on any atom is 0.123 e. The Bertz CT molecular complexity index is 411. The Hall–Kier alpha value is -1.06. The van der Waals surface area contributed by atoms with Crippen molar-refractivity contribution in [3.05, 3.63) is 28.8 Å². The molecule has 0 bridgehead atoms. The second-order valence-electron chi connectivity index (χ2n) is 5.57. The maximum absolute atomic E-state index is 5.47. The number of nitrogens with one attached hydrogen (secondary N) is 2. The lowest BCUT2D eigenvalue weighted by Gasteiger charge is -2.23. The Kier molecular flexibility index (Phi) is 5.23. The first-order valence-corrected chi connectivity index (χ1v) is 7.26. The summed E-state index contributed by atoms with van der Waals surface area (Å²) in [5.41, 5.74) is 3.89. The normalized spacial score (nSPS) is 16.6. The summed E-state index contributed by atoms with van der Waals surface area (Å²) in [6, 6.07) is 4.38. The summed E-state index contributed by atoms with van der Waals surface area (Å²) in [7, 11) is 1.75. The molecular formula is C16H26N2O. The highest BCUT2D eigenvalue weighted by atomic mass is 16.5. The van der Waals surface area contributed by atoms with Gasteiger partial charge < -0.3 is 15.4 Å². The molecule has 1 aliphatic rings. The monoisotopic (exact) mass is 262 g/mol. The third kappa shape index (κ3) is 3.95. The highest BCUT2D eigenvalue weighted by Gasteiger charge is 2.13. The minimum Gasteiger partial charge on any atom is -0.496 e. The van der Waals surface area contributed by atoms with Gasteiger partial charge in [-0.15, -0.1) is 0 Å². The topological polar surface area (TPSA) is 33.3 Å². The van der Waals surface area contributed by atoms with Crippen LogP contribution in [0.25, 0.3) is 0 Å². The fourth-order valence-electron chi connectivity index (χ4n) is 2.67. The third-order valence-corrected chi connectivity index (χ3v) is 4.10. The molecule has 0 amide bonds. The molecule has 0 aromatic heterocycles. The average Bonchev–Trinajstić information content (AvgIpc) is 2.43. The van der Waals surface area contributed by atoms with Gasteiger partial charge in [-0.25, -0.2) is 0 Å². The molecule has 1 heterocycles. The van der Waals surface area contributed by atoms with Crippen molar-refractivity contribution in [1.29, 1.82) is 0 Å². The van der Waals surface area contributed by atoms with Crippen molar-refractivity contribution in [3.8, 4) is 5.75 Å². The molecule has 2 rings (SSSR count). The van der Waals surface area contributed by atoms with E-state index < -0.39 is 0 Å². The van der Waals surface area contributed by atoms with Gasteiger partial charge in [0.1, 0.15) is 5.75 Å². The fraction of sp³-hybridized carbons (Fsp3) is 0.625. The molecule has 0 atom stereocenters. The molecule has 1 aromatic rings. The quantitative estimate of drug-likeness (QED) is 0.855. The van der Waals surface area contributed by atoms with Crippen molar-refractivity contribution < 1.29 is 4.74 Å². The number of rotatable bonds is 5. The van der Waals surface area contributed by atoms with Crippen molar-refractivity contribution >= 4 is 0 Å². The number of benzene rings is 1. The van der Waals surface area contributed by atoms with Gasteiger partial charge in [0.15, 0.2) is 0 Å². The van der Waals surface area contributed by atoms with Crippen LogP contribution in [0.5, 0.6) is 5.75 Å². The molecule has 3 heteroatoms. The van der Waals surface area contributed by atoms with Crippen molar-refractivity contribution in [2.24, 2.45) is 5.92 Å². The molecule has 19 heavy (non-hydrogen) atoms. The Morgan fingerprint density at radius 2 is 1.89 bits per heavy atom. The van der Waals surface area contributed by atoms with Crippen LogP contribution in [0.15, 0.2) is 12.1 Å². The van der Waals surface area contributed by atoms with Crippen LogP contribution in [-0.4, -0.2) is 26.7 Å². The largest absolute Gasteiger partial charge is 0.496 e. The van der Waals surface area contributed by atoms with Gasteiger partial charge in [-0.05, 0) is 69.4 Å². The second kappa shape index (κ2) is 6.92. The van der Waals surface area contributed by atoms with Crippen LogP contribution in [0.2, 0.25) is 0 Å². The zero-order valence-corrected chi connectivity index (χ0v) is 12.4. The summed E-state index contributed by atoms with van der Waals surface area (Å²) >= 11 is 0. The first-order valence-electron chi connectivity index (χ1n) is 7.26. The number of ether oxygens (including phenoxy) is 1. The van der Waals surface area contributed by atoms with Crippen LogP contribution >= 0.6 is 0 Å². The fourth-order valence-corrected chi connectivity index (χ4v) is 2.67. The minimum absolute atomic E-state index is 0.818. The first kappa shape index (κ1) is 14.4. The Balaban J connectivity index is 1.89. The smallest absolute Gasteiger partial charge is 0.123 e. The predicted octanol–water partition coefficient (Wildman–Crippen LogP) is 2.40. The van der Waals surface area contributed by atoms with Gasteiger partial charge in [-0.2, -0.15) is 0 Å². The van der Waals surface area contributed by atoms with Crippen LogP contribution in [0.3, 0.4) is 0 Å². The van der Waals surface area contributed by atoms with Gasteiger partial charge >= 0.3 is 0 Å². The second-order valence-corrected chi connectivity index (χ2v) is 5.57. The molecule has 0 radical (unpaired) electrons. The number of methoxy groups -OCH3 is 1. The molecule has 0 saturated carbocycles. The lowest BCUT2D eigenvalue weighted by molar-refractivity contribution is 0.354. The van der Waals surface area contributed by atoms with Gasteiger partial charge in [0, 0.05) is 12.1 Å². The van der Waals surface area contributed by atoms with Crippen LogP contribution in [0, 0.1) is 19.8 Å². The van der Waals surface area contributed by atoms with Gasteiger partial charge in [0.05, 0.1) is 7.11 Å². The van der Waals surface area contributed by atoms with E-state index >= 15 is 0 Å². The van der Waals surface area contributed by atoms with Gasteiger partial charge in [-0.3, -0.25) is 0 Å². The summed E-state index contributed by atoms with van der Waals surface area (Å²) in [6.07, 6.45) is 2.58. The van der Waals surface area contributed by atoms with Gasteiger partial charge in [0.25, 0.3) is 0 Å². The molecule has 106 valence electrons. The Morgan fingerprint density at radius 1 is 1.21 bits per heavy atom. The molecule has 0 aliphatic carbocycles. The SMILES string of the molecule is COc1cc(C)c(C)cc1CNCC1CCNCC1. The van der Waals surface area contributed by atoms with E-state index in [4.69, 9.17) is 4.74 Å². The molecule has 1 aliphatic heterocycles. The number of hydrogen-bond donors (Lipinski definition) is 2. The van der Waals surface area contributed by atoms with E-state index in [1.54, 1.807) is 7.11 Å². The van der Waals surface area contributed by atoms with E-state index in [1.165, 1.54) is 42.6 Å². The lowest BCUT2D eigenvalue weighted by Crippen LogP contribution is -2.33. The van der Waals surface area contributed by atoms with E-state index in [9.17, 15) is 0 Å². The predicted molar refractivity (Wildman–Crippen MR) is 79.8 cm³/mol. The zero-order chi connectivity index (χ0) is 13.7. The summed E-state index contributed by atoms with van der Waals surface area (Å²) in [5, 5.41) is 6.99. The Labute approximate surface area is 116 Å². The van der Waals surface area contributed by atoms with Crippen molar-refractivity contribution in [2.45, 2.75) is 33.2 Å². The summed E-state index contributed by atoms with van der Waals surface area (Å²) < 4.78 is 5.47. The van der Waals surface area contributed by atoms with Gasteiger partial charge in [0.2, 0.25) is 0 Å². The van der Waals surface area contributed by atoms with Crippen LogP contribution < -0.4 is 15.4 Å². The summed E-state index contributed by atoms with van der Waals surface area (Å²) in [4.78, 5) is 0.